The van der Waals surface area contributed by atoms with Crippen molar-refractivity contribution < 1.29 is 14.7 Å². The van der Waals surface area contributed by atoms with Crippen LogP contribution in [0.15, 0.2) is 5.16 Å². The number of hydrogen-bond acceptors (Lipinski definition) is 4. The molecule has 14 heavy (non-hydrogen) atoms. The lowest BCUT2D eigenvalue weighted by Crippen LogP contribution is -2.46. The Labute approximate surface area is 82.1 Å². The van der Waals surface area contributed by atoms with Crippen molar-refractivity contribution in [2.45, 2.75) is 31.9 Å². The number of rotatable bonds is 3. The smallest absolute Gasteiger partial charge is 0.249 e. The van der Waals surface area contributed by atoms with E-state index in [9.17, 15) is 4.79 Å². The van der Waals surface area contributed by atoms with Gasteiger partial charge in [-0.3, -0.25) is 4.79 Å². The van der Waals surface area contributed by atoms with Crippen molar-refractivity contribution in [3.63, 3.8) is 0 Å². The molecule has 0 aliphatic carbocycles. The van der Waals surface area contributed by atoms with Crippen LogP contribution in [0.1, 0.15) is 19.8 Å². The molecule has 4 N–H and O–H groups in total. The number of oxime groups is 1. The van der Waals surface area contributed by atoms with Crippen LogP contribution in [-0.2, 0) is 9.53 Å². The van der Waals surface area contributed by atoms with Gasteiger partial charge in [0.15, 0.2) is 5.84 Å². The summed E-state index contributed by atoms with van der Waals surface area (Å²) in [4.78, 5) is 11.4. The number of carbonyl (C=O) groups is 1. The first-order chi connectivity index (χ1) is 6.65. The molecular weight excluding hydrogens is 186 g/mol. The Bertz CT molecular complexity index is 236. The van der Waals surface area contributed by atoms with Crippen LogP contribution < -0.4 is 11.1 Å². The maximum absolute atomic E-state index is 11.4. The van der Waals surface area contributed by atoms with Crippen molar-refractivity contribution in [1.82, 2.24) is 5.32 Å². The summed E-state index contributed by atoms with van der Waals surface area (Å²) in [7, 11) is 0. The second kappa shape index (κ2) is 4.80. The van der Waals surface area contributed by atoms with E-state index in [1.807, 2.05) is 0 Å². The van der Waals surface area contributed by atoms with Gasteiger partial charge in [-0.05, 0) is 19.8 Å². The van der Waals surface area contributed by atoms with Crippen LogP contribution in [0.4, 0.5) is 0 Å². The summed E-state index contributed by atoms with van der Waals surface area (Å²) in [5.74, 6) is -0.224. The molecular formula is C8H15N3O3. The highest BCUT2D eigenvalue weighted by Gasteiger charge is 2.25. The largest absolute Gasteiger partial charge is 0.409 e. The summed E-state index contributed by atoms with van der Waals surface area (Å²) in [5.41, 5.74) is 5.31. The van der Waals surface area contributed by atoms with E-state index in [-0.39, 0.29) is 17.8 Å². The van der Waals surface area contributed by atoms with Crippen molar-refractivity contribution in [3.8, 4) is 0 Å². The van der Waals surface area contributed by atoms with Crippen molar-refractivity contribution in [2.24, 2.45) is 10.9 Å². The predicted molar refractivity (Wildman–Crippen MR) is 50.0 cm³/mol. The van der Waals surface area contributed by atoms with Crippen LogP contribution in [0.5, 0.6) is 0 Å². The van der Waals surface area contributed by atoms with E-state index in [2.05, 4.69) is 10.5 Å². The molecule has 6 nitrogen and oxygen atoms in total. The van der Waals surface area contributed by atoms with Crippen LogP contribution in [0.2, 0.25) is 0 Å². The highest BCUT2D eigenvalue weighted by Crippen LogP contribution is 2.11. The molecule has 1 heterocycles. The van der Waals surface area contributed by atoms with Gasteiger partial charge in [0.05, 0.1) is 6.04 Å². The summed E-state index contributed by atoms with van der Waals surface area (Å²) in [6, 6.07) is -0.475. The first-order valence-electron chi connectivity index (χ1n) is 4.54. The molecule has 6 heteroatoms. The van der Waals surface area contributed by atoms with E-state index in [4.69, 9.17) is 15.7 Å². The normalized spacial score (nSPS) is 24.6. The highest BCUT2D eigenvalue weighted by molar-refractivity contribution is 5.90. The van der Waals surface area contributed by atoms with E-state index in [0.717, 1.165) is 12.8 Å². The molecule has 0 bridgehead atoms. The van der Waals surface area contributed by atoms with Crippen molar-refractivity contribution in [2.75, 3.05) is 6.61 Å². The number of amidine groups is 1. The fourth-order valence-corrected chi connectivity index (χ4v) is 1.25. The molecule has 1 amide bonds. The monoisotopic (exact) mass is 201 g/mol. The minimum absolute atomic E-state index is 0.0173. The van der Waals surface area contributed by atoms with Gasteiger partial charge in [-0.2, -0.15) is 0 Å². The Hall–Kier alpha value is -1.30. The number of amides is 1. The lowest BCUT2D eigenvalue weighted by Gasteiger charge is -2.15. The third kappa shape index (κ3) is 2.59. The van der Waals surface area contributed by atoms with E-state index in [0.29, 0.717) is 6.61 Å². The zero-order valence-corrected chi connectivity index (χ0v) is 8.06. The maximum Gasteiger partial charge on any atom is 0.249 e. The summed E-state index contributed by atoms with van der Waals surface area (Å²) >= 11 is 0. The molecule has 0 spiro atoms. The van der Waals surface area contributed by atoms with Crippen LogP contribution in [0.25, 0.3) is 0 Å². The Morgan fingerprint density at radius 1 is 1.79 bits per heavy atom. The minimum atomic E-state index is -0.475. The van der Waals surface area contributed by atoms with Gasteiger partial charge in [0.1, 0.15) is 6.10 Å². The van der Waals surface area contributed by atoms with E-state index < -0.39 is 6.04 Å². The Balaban J connectivity index is 2.39. The van der Waals surface area contributed by atoms with Crippen LogP contribution in [0, 0.1) is 0 Å². The number of ether oxygens (including phenoxy) is 1. The zero-order valence-electron chi connectivity index (χ0n) is 8.06. The summed E-state index contributed by atoms with van der Waals surface area (Å²) in [6.07, 6.45) is 1.24. The molecule has 1 aliphatic heterocycles. The molecule has 2 unspecified atom stereocenters. The Morgan fingerprint density at radius 2 is 2.50 bits per heavy atom. The van der Waals surface area contributed by atoms with Gasteiger partial charge < -0.3 is 21.0 Å². The van der Waals surface area contributed by atoms with Gasteiger partial charge in [0, 0.05) is 6.61 Å². The van der Waals surface area contributed by atoms with Crippen molar-refractivity contribution in [1.29, 1.82) is 0 Å². The first kappa shape index (κ1) is 10.8. The topological polar surface area (TPSA) is 96.9 Å². The highest BCUT2D eigenvalue weighted by atomic mass is 16.5. The number of hydrogen-bond donors (Lipinski definition) is 3. The Kier molecular flexibility index (Phi) is 3.70. The number of carbonyl (C=O) groups excluding carboxylic acids is 1. The number of nitrogens with one attached hydrogen (secondary N) is 1. The molecule has 0 aromatic rings. The van der Waals surface area contributed by atoms with Crippen molar-refractivity contribution in [3.05, 3.63) is 0 Å². The summed E-state index contributed by atoms with van der Waals surface area (Å²) in [5, 5.41) is 13.8. The first-order valence-corrected chi connectivity index (χ1v) is 4.54. The van der Waals surface area contributed by atoms with Crippen LogP contribution in [-0.4, -0.2) is 35.7 Å². The SMILES string of the molecule is CC(NC(=O)C1CCCO1)/C(N)=N/O. The van der Waals surface area contributed by atoms with Gasteiger partial charge in [-0.15, -0.1) is 0 Å². The third-order valence-electron chi connectivity index (χ3n) is 2.14. The average Bonchev–Trinajstić information content (AvgIpc) is 2.69. The lowest BCUT2D eigenvalue weighted by molar-refractivity contribution is -0.130. The van der Waals surface area contributed by atoms with Crippen LogP contribution >= 0.6 is 0 Å². The van der Waals surface area contributed by atoms with E-state index >= 15 is 0 Å². The zero-order chi connectivity index (χ0) is 10.6. The molecule has 1 rings (SSSR count). The van der Waals surface area contributed by atoms with Gasteiger partial charge in [-0.1, -0.05) is 5.16 Å². The standard InChI is InChI=1S/C8H15N3O3/c1-5(7(9)11-13)10-8(12)6-3-2-4-14-6/h5-6,13H,2-4H2,1H3,(H2,9,11)(H,10,12). The second-order valence-corrected chi connectivity index (χ2v) is 3.26. The summed E-state index contributed by atoms with van der Waals surface area (Å²) in [6.45, 7) is 2.26. The van der Waals surface area contributed by atoms with Gasteiger partial charge in [0.2, 0.25) is 5.91 Å². The van der Waals surface area contributed by atoms with E-state index in [1.165, 1.54) is 0 Å². The molecule has 2 atom stereocenters. The predicted octanol–water partition coefficient (Wildman–Crippen LogP) is -0.583. The fourth-order valence-electron chi connectivity index (χ4n) is 1.25. The quantitative estimate of drug-likeness (QED) is 0.246. The molecule has 1 saturated heterocycles. The lowest BCUT2D eigenvalue weighted by atomic mass is 10.2. The molecule has 0 aromatic heterocycles. The summed E-state index contributed by atoms with van der Waals surface area (Å²) < 4.78 is 5.17. The van der Waals surface area contributed by atoms with Gasteiger partial charge >= 0.3 is 0 Å². The third-order valence-corrected chi connectivity index (χ3v) is 2.14. The maximum atomic E-state index is 11.4. The molecule has 1 fully saturated rings. The molecule has 0 aromatic carbocycles. The van der Waals surface area contributed by atoms with Crippen LogP contribution in [0.3, 0.4) is 0 Å². The average molecular weight is 201 g/mol. The molecule has 0 saturated carbocycles. The van der Waals surface area contributed by atoms with E-state index in [1.54, 1.807) is 6.92 Å². The molecule has 80 valence electrons. The Morgan fingerprint density at radius 3 is 3.00 bits per heavy atom. The molecule has 0 radical (unpaired) electrons. The second-order valence-electron chi connectivity index (χ2n) is 3.26. The molecule has 1 aliphatic rings. The van der Waals surface area contributed by atoms with Gasteiger partial charge in [0.25, 0.3) is 0 Å². The van der Waals surface area contributed by atoms with Crippen molar-refractivity contribution >= 4 is 11.7 Å². The number of nitrogens with zero attached hydrogens (tertiary/aromatic N) is 1. The minimum Gasteiger partial charge on any atom is -0.409 e. The fraction of sp³-hybridized carbons (Fsp3) is 0.750. The van der Waals surface area contributed by atoms with Gasteiger partial charge in [-0.25, -0.2) is 0 Å². The number of nitrogens with two attached hydrogens (primary N) is 1.